The first kappa shape index (κ1) is 12.9. The van der Waals surface area contributed by atoms with E-state index >= 15 is 0 Å². The Morgan fingerprint density at radius 2 is 1.94 bits per heavy atom. The molecule has 2 aliphatic rings. The molecule has 1 aliphatic carbocycles. The highest BCUT2D eigenvalue weighted by Gasteiger charge is 2.32. The third kappa shape index (κ3) is 3.97. The molecule has 2 fully saturated rings. The van der Waals surface area contributed by atoms with E-state index in [9.17, 15) is 5.26 Å². The molecule has 0 bridgehead atoms. The van der Waals surface area contributed by atoms with Crippen LogP contribution in [0.4, 0.5) is 0 Å². The fourth-order valence-electron chi connectivity index (χ4n) is 2.51. The van der Waals surface area contributed by atoms with Crippen LogP contribution in [0.3, 0.4) is 0 Å². The van der Waals surface area contributed by atoms with Gasteiger partial charge in [0.25, 0.3) is 0 Å². The summed E-state index contributed by atoms with van der Waals surface area (Å²) in [5, 5.41) is 12.8. The van der Waals surface area contributed by atoms with Crippen LogP contribution in [0.1, 0.15) is 46.0 Å². The molecule has 2 rings (SSSR count). The van der Waals surface area contributed by atoms with Crippen LogP contribution in [0.2, 0.25) is 0 Å². The molecule has 1 unspecified atom stereocenters. The highest BCUT2D eigenvalue weighted by Crippen LogP contribution is 2.24. The lowest BCUT2D eigenvalue weighted by Gasteiger charge is -2.32. The second-order valence-electron chi connectivity index (χ2n) is 6.14. The Morgan fingerprint density at radius 1 is 1.29 bits per heavy atom. The Labute approximate surface area is 105 Å². The molecule has 0 aromatic heterocycles. The minimum absolute atomic E-state index is 0.315. The summed E-state index contributed by atoms with van der Waals surface area (Å²) in [6.45, 7) is 7.89. The quantitative estimate of drug-likeness (QED) is 0.793. The lowest BCUT2D eigenvalue weighted by Crippen LogP contribution is -2.46. The monoisotopic (exact) mass is 235 g/mol. The van der Waals surface area contributed by atoms with Gasteiger partial charge in [0, 0.05) is 12.6 Å². The zero-order chi connectivity index (χ0) is 12.3. The largest absolute Gasteiger partial charge is 0.303 e. The van der Waals surface area contributed by atoms with Crippen molar-refractivity contribution < 1.29 is 0 Å². The van der Waals surface area contributed by atoms with Gasteiger partial charge < -0.3 is 4.90 Å². The van der Waals surface area contributed by atoms with Crippen molar-refractivity contribution in [3.05, 3.63) is 0 Å². The van der Waals surface area contributed by atoms with Gasteiger partial charge in [-0.2, -0.15) is 5.26 Å². The summed E-state index contributed by atoms with van der Waals surface area (Å²) in [6, 6.07) is 3.07. The van der Waals surface area contributed by atoms with Crippen molar-refractivity contribution in [3.8, 4) is 6.07 Å². The van der Waals surface area contributed by atoms with Crippen molar-refractivity contribution in [1.29, 1.82) is 5.26 Å². The lowest BCUT2D eigenvalue weighted by atomic mass is 9.96. The molecule has 0 amide bonds. The van der Waals surface area contributed by atoms with Gasteiger partial charge >= 0.3 is 0 Å². The maximum Gasteiger partial charge on any atom is 0.105 e. The minimum atomic E-state index is -0.315. The molecule has 1 aliphatic heterocycles. The molecule has 0 aromatic carbocycles. The van der Waals surface area contributed by atoms with Crippen LogP contribution in [0.5, 0.6) is 0 Å². The van der Waals surface area contributed by atoms with Gasteiger partial charge in [0.2, 0.25) is 0 Å². The summed E-state index contributed by atoms with van der Waals surface area (Å²) in [5.41, 5.74) is -0.315. The van der Waals surface area contributed by atoms with E-state index in [4.69, 9.17) is 0 Å². The molecule has 0 radical (unpaired) electrons. The third-order valence-corrected chi connectivity index (χ3v) is 4.15. The molecule has 0 spiro atoms. The van der Waals surface area contributed by atoms with Crippen LogP contribution in [-0.4, -0.2) is 36.1 Å². The summed E-state index contributed by atoms with van der Waals surface area (Å²) in [5.74, 6) is 0.887. The molecule has 17 heavy (non-hydrogen) atoms. The van der Waals surface area contributed by atoms with Gasteiger partial charge in [-0.1, -0.05) is 6.92 Å². The van der Waals surface area contributed by atoms with Crippen LogP contribution in [-0.2, 0) is 0 Å². The van der Waals surface area contributed by atoms with Gasteiger partial charge in [-0.25, -0.2) is 0 Å². The first-order valence-electron chi connectivity index (χ1n) is 7.02. The molecular formula is C14H25N3. The lowest BCUT2D eigenvalue weighted by molar-refractivity contribution is 0.178. The van der Waals surface area contributed by atoms with Crippen molar-refractivity contribution >= 4 is 0 Å². The average molecular weight is 235 g/mol. The first-order chi connectivity index (χ1) is 8.11. The standard InChI is InChI=1S/C14H25N3/c1-12-5-8-17(9-6-12)10-7-14(2,11-15)16-13-3-4-13/h12-13,16H,3-10H2,1-2H3. The van der Waals surface area contributed by atoms with Crippen LogP contribution in [0.15, 0.2) is 0 Å². The van der Waals surface area contributed by atoms with E-state index in [1.165, 1.54) is 38.8 Å². The molecular weight excluding hydrogens is 210 g/mol. The number of hydrogen-bond donors (Lipinski definition) is 1. The van der Waals surface area contributed by atoms with Crippen LogP contribution < -0.4 is 5.32 Å². The third-order valence-electron chi connectivity index (χ3n) is 4.15. The van der Waals surface area contributed by atoms with Gasteiger partial charge in [0.15, 0.2) is 0 Å². The van der Waals surface area contributed by atoms with Gasteiger partial charge in [-0.15, -0.1) is 0 Å². The number of hydrogen-bond acceptors (Lipinski definition) is 3. The molecule has 1 atom stereocenters. The topological polar surface area (TPSA) is 39.1 Å². The maximum absolute atomic E-state index is 9.30. The Bertz CT molecular complexity index is 284. The summed E-state index contributed by atoms with van der Waals surface area (Å²) in [6.07, 6.45) is 6.09. The van der Waals surface area contributed by atoms with Crippen LogP contribution in [0.25, 0.3) is 0 Å². The van der Waals surface area contributed by atoms with E-state index in [0.717, 1.165) is 18.9 Å². The molecule has 1 saturated carbocycles. The van der Waals surface area contributed by atoms with Gasteiger partial charge in [-0.05, 0) is 58.0 Å². The summed E-state index contributed by atoms with van der Waals surface area (Å²) < 4.78 is 0. The van der Waals surface area contributed by atoms with E-state index in [1.54, 1.807) is 0 Å². The van der Waals surface area contributed by atoms with E-state index in [-0.39, 0.29) is 5.54 Å². The predicted molar refractivity (Wildman–Crippen MR) is 69.6 cm³/mol. The molecule has 0 aromatic rings. The highest BCUT2D eigenvalue weighted by molar-refractivity contribution is 5.07. The summed E-state index contributed by atoms with van der Waals surface area (Å²) >= 11 is 0. The minimum Gasteiger partial charge on any atom is -0.303 e. The van der Waals surface area contributed by atoms with E-state index in [2.05, 4.69) is 30.1 Å². The normalized spacial score (nSPS) is 26.4. The van der Waals surface area contributed by atoms with Gasteiger partial charge in [0.05, 0.1) is 6.07 Å². The zero-order valence-corrected chi connectivity index (χ0v) is 11.2. The molecule has 1 saturated heterocycles. The van der Waals surface area contributed by atoms with E-state index < -0.39 is 0 Å². The number of nitrogens with zero attached hydrogens (tertiary/aromatic N) is 2. The smallest absolute Gasteiger partial charge is 0.105 e. The van der Waals surface area contributed by atoms with E-state index in [0.29, 0.717) is 6.04 Å². The van der Waals surface area contributed by atoms with Crippen molar-refractivity contribution in [1.82, 2.24) is 10.2 Å². The Kier molecular flexibility index (Phi) is 4.06. The summed E-state index contributed by atoms with van der Waals surface area (Å²) in [4.78, 5) is 2.52. The number of rotatable bonds is 5. The van der Waals surface area contributed by atoms with Crippen molar-refractivity contribution in [2.45, 2.75) is 57.5 Å². The maximum atomic E-state index is 9.30. The van der Waals surface area contributed by atoms with Crippen molar-refractivity contribution in [3.63, 3.8) is 0 Å². The Hall–Kier alpha value is -0.590. The van der Waals surface area contributed by atoms with Crippen molar-refractivity contribution in [2.24, 2.45) is 5.92 Å². The number of nitrogens with one attached hydrogen (secondary N) is 1. The van der Waals surface area contributed by atoms with Gasteiger partial charge in [0.1, 0.15) is 5.54 Å². The Balaban J connectivity index is 1.73. The molecule has 1 N–H and O–H groups in total. The fraction of sp³-hybridized carbons (Fsp3) is 0.929. The molecule has 1 heterocycles. The molecule has 3 heteroatoms. The fourth-order valence-corrected chi connectivity index (χ4v) is 2.51. The van der Waals surface area contributed by atoms with Crippen molar-refractivity contribution in [2.75, 3.05) is 19.6 Å². The molecule has 96 valence electrons. The predicted octanol–water partition coefficient (Wildman–Crippen LogP) is 2.14. The van der Waals surface area contributed by atoms with Crippen LogP contribution in [0, 0.1) is 17.2 Å². The molecule has 3 nitrogen and oxygen atoms in total. The highest BCUT2D eigenvalue weighted by atomic mass is 15.1. The SMILES string of the molecule is CC1CCN(CCC(C)(C#N)NC2CC2)CC1. The number of nitriles is 1. The second kappa shape index (κ2) is 5.37. The van der Waals surface area contributed by atoms with Gasteiger partial charge in [-0.3, -0.25) is 5.32 Å². The zero-order valence-electron chi connectivity index (χ0n) is 11.2. The Morgan fingerprint density at radius 3 is 2.47 bits per heavy atom. The first-order valence-corrected chi connectivity index (χ1v) is 7.02. The van der Waals surface area contributed by atoms with E-state index in [1.807, 2.05) is 0 Å². The van der Waals surface area contributed by atoms with Crippen LogP contribution >= 0.6 is 0 Å². The number of likely N-dealkylation sites (tertiary alicyclic amines) is 1. The average Bonchev–Trinajstić information content (AvgIpc) is 3.12. The number of piperidine rings is 1. The summed E-state index contributed by atoms with van der Waals surface area (Å²) in [7, 11) is 0. The second-order valence-corrected chi connectivity index (χ2v) is 6.14.